The van der Waals surface area contributed by atoms with Gasteiger partial charge >= 0.3 is 5.92 Å². The molecule has 14 heavy (non-hydrogen) atoms. The molecule has 5 heteroatoms. The minimum atomic E-state index is -3.39. The van der Waals surface area contributed by atoms with Crippen molar-refractivity contribution in [2.45, 2.75) is 12.3 Å². The van der Waals surface area contributed by atoms with Crippen molar-refractivity contribution in [3.8, 4) is 0 Å². The quantitative estimate of drug-likeness (QED) is 0.704. The zero-order chi connectivity index (χ0) is 10.5. The topological polar surface area (TPSA) is 17.1 Å². The van der Waals surface area contributed by atoms with E-state index in [1.54, 1.807) is 0 Å². The van der Waals surface area contributed by atoms with Crippen LogP contribution in [0.15, 0.2) is 16.6 Å². The Kier molecular flexibility index (Phi) is 1.96. The number of Topliss-reactive ketones (excluding diaryl/α,β-unsaturated/α-hetero) is 1. The molecule has 0 aromatic heterocycles. The van der Waals surface area contributed by atoms with Crippen LogP contribution < -0.4 is 0 Å². The predicted octanol–water partition coefficient (Wildman–Crippen LogP) is 2.96. The highest BCUT2D eigenvalue weighted by Gasteiger charge is 2.47. The van der Waals surface area contributed by atoms with Crippen molar-refractivity contribution in [3.05, 3.63) is 33.5 Å². The average Bonchev–Trinajstić information content (AvgIpc) is 2.21. The van der Waals surface area contributed by atoms with E-state index in [1.165, 1.54) is 0 Å². The summed E-state index contributed by atoms with van der Waals surface area (Å²) < 4.78 is 38.8. The molecule has 0 saturated carbocycles. The summed E-state index contributed by atoms with van der Waals surface area (Å²) in [5, 5.41) is 0. The molecule has 0 N–H and O–H groups in total. The number of ketones is 1. The van der Waals surface area contributed by atoms with E-state index in [9.17, 15) is 18.0 Å². The fourth-order valence-electron chi connectivity index (χ4n) is 1.52. The summed E-state index contributed by atoms with van der Waals surface area (Å²) in [6.07, 6.45) is -0.711. The lowest BCUT2D eigenvalue weighted by molar-refractivity contribution is 0.0167. The first-order valence-electron chi connectivity index (χ1n) is 3.82. The van der Waals surface area contributed by atoms with Crippen LogP contribution in [0.5, 0.6) is 0 Å². The number of hydrogen-bond acceptors (Lipinski definition) is 1. The average molecular weight is 265 g/mol. The molecule has 0 heterocycles. The maximum absolute atomic E-state index is 12.9. The van der Waals surface area contributed by atoms with Crippen LogP contribution in [0.1, 0.15) is 15.9 Å². The van der Waals surface area contributed by atoms with Crippen molar-refractivity contribution in [2.75, 3.05) is 0 Å². The van der Waals surface area contributed by atoms with Gasteiger partial charge in [-0.05, 0) is 33.6 Å². The van der Waals surface area contributed by atoms with Crippen molar-refractivity contribution in [1.82, 2.24) is 0 Å². The van der Waals surface area contributed by atoms with Gasteiger partial charge in [-0.2, -0.15) is 8.78 Å². The molecular formula is C9H4BrF3O. The Hall–Kier alpha value is -0.840. The molecule has 0 bridgehead atoms. The first kappa shape index (κ1) is 9.71. The lowest BCUT2D eigenvalue weighted by Gasteiger charge is -2.03. The number of carbonyl (C=O) groups is 1. The normalized spacial score (nSPS) is 18.4. The Morgan fingerprint density at radius 2 is 2.00 bits per heavy atom. The Labute approximate surface area is 86.0 Å². The maximum atomic E-state index is 12.9. The Morgan fingerprint density at radius 3 is 2.64 bits per heavy atom. The fraction of sp³-hybridized carbons (Fsp3) is 0.222. The molecule has 1 aromatic carbocycles. The standard InChI is InChI=1S/C9H4BrF3O/c10-6-2-5(11)1-4-3-9(12,13)8(14)7(4)6/h1-2H,3H2. The summed E-state index contributed by atoms with van der Waals surface area (Å²) in [4.78, 5) is 11.1. The zero-order valence-corrected chi connectivity index (χ0v) is 8.37. The van der Waals surface area contributed by atoms with Gasteiger partial charge in [0.1, 0.15) is 5.82 Å². The van der Waals surface area contributed by atoms with Gasteiger partial charge in [-0.1, -0.05) is 0 Å². The van der Waals surface area contributed by atoms with Gasteiger partial charge in [-0.25, -0.2) is 4.39 Å². The van der Waals surface area contributed by atoms with Crippen molar-refractivity contribution in [1.29, 1.82) is 0 Å². The Balaban J connectivity index is 2.66. The molecule has 0 radical (unpaired) electrons. The number of hydrogen-bond donors (Lipinski definition) is 0. The molecule has 0 aliphatic heterocycles. The van der Waals surface area contributed by atoms with Gasteiger partial charge in [-0.3, -0.25) is 4.79 Å². The van der Waals surface area contributed by atoms with Crippen molar-refractivity contribution in [2.24, 2.45) is 0 Å². The van der Waals surface area contributed by atoms with Gasteiger partial charge in [0, 0.05) is 16.5 Å². The van der Waals surface area contributed by atoms with E-state index in [0.717, 1.165) is 12.1 Å². The molecule has 0 fully saturated rings. The molecule has 74 valence electrons. The first-order chi connectivity index (χ1) is 6.42. The summed E-state index contributed by atoms with van der Waals surface area (Å²) in [7, 11) is 0. The second-order valence-electron chi connectivity index (χ2n) is 3.13. The third-order valence-corrected chi connectivity index (χ3v) is 2.73. The highest BCUT2D eigenvalue weighted by atomic mass is 79.9. The van der Waals surface area contributed by atoms with E-state index < -0.39 is 23.9 Å². The molecule has 1 aliphatic carbocycles. The third-order valence-electron chi connectivity index (χ3n) is 2.11. The predicted molar refractivity (Wildman–Crippen MR) is 47.1 cm³/mol. The lowest BCUT2D eigenvalue weighted by Crippen LogP contribution is -2.23. The van der Waals surface area contributed by atoms with Gasteiger partial charge in [0.15, 0.2) is 0 Å². The summed E-state index contributed by atoms with van der Waals surface area (Å²) in [6.45, 7) is 0. The first-order valence-corrected chi connectivity index (χ1v) is 4.61. The molecular weight excluding hydrogens is 261 g/mol. The monoisotopic (exact) mass is 264 g/mol. The van der Waals surface area contributed by atoms with Crippen LogP contribution in [0.25, 0.3) is 0 Å². The third kappa shape index (κ3) is 1.27. The molecule has 0 unspecified atom stereocenters. The Bertz CT molecular complexity index is 428. The van der Waals surface area contributed by atoms with Crippen LogP contribution in [0.2, 0.25) is 0 Å². The Morgan fingerprint density at radius 1 is 1.36 bits per heavy atom. The summed E-state index contributed by atoms with van der Waals surface area (Å²) in [5.41, 5.74) is -0.0386. The van der Waals surface area contributed by atoms with Gasteiger partial charge < -0.3 is 0 Å². The van der Waals surface area contributed by atoms with E-state index >= 15 is 0 Å². The lowest BCUT2D eigenvalue weighted by atomic mass is 10.1. The number of rotatable bonds is 0. The van der Waals surface area contributed by atoms with E-state index in [2.05, 4.69) is 15.9 Å². The molecule has 0 saturated heterocycles. The molecule has 0 amide bonds. The zero-order valence-electron chi connectivity index (χ0n) is 6.78. The van der Waals surface area contributed by atoms with E-state index in [1.807, 2.05) is 0 Å². The smallest absolute Gasteiger partial charge is 0.287 e. The van der Waals surface area contributed by atoms with E-state index in [4.69, 9.17) is 0 Å². The van der Waals surface area contributed by atoms with Gasteiger partial charge in [0.05, 0.1) is 0 Å². The number of carbonyl (C=O) groups excluding carboxylic acids is 1. The van der Waals surface area contributed by atoms with Crippen molar-refractivity contribution < 1.29 is 18.0 Å². The van der Waals surface area contributed by atoms with Crippen molar-refractivity contribution >= 4 is 21.7 Å². The summed E-state index contributed by atoms with van der Waals surface area (Å²) in [5.74, 6) is -5.25. The minimum Gasteiger partial charge on any atom is -0.287 e. The second-order valence-corrected chi connectivity index (χ2v) is 3.99. The molecule has 1 aromatic rings. The highest BCUT2D eigenvalue weighted by molar-refractivity contribution is 9.10. The SMILES string of the molecule is O=C1c2c(Br)cc(F)cc2CC1(F)F. The largest absolute Gasteiger partial charge is 0.313 e. The number of alkyl halides is 2. The summed E-state index contributed by atoms with van der Waals surface area (Å²) >= 11 is 2.90. The molecule has 0 atom stereocenters. The van der Waals surface area contributed by atoms with Gasteiger partial charge in [0.2, 0.25) is 5.78 Å². The number of halogens is 4. The summed E-state index contributed by atoms with van der Waals surface area (Å²) in [6, 6.07) is 1.98. The van der Waals surface area contributed by atoms with E-state index in [0.29, 0.717) is 0 Å². The van der Waals surface area contributed by atoms with Gasteiger partial charge in [-0.15, -0.1) is 0 Å². The van der Waals surface area contributed by atoms with Crippen LogP contribution in [0.3, 0.4) is 0 Å². The maximum Gasteiger partial charge on any atom is 0.313 e. The van der Waals surface area contributed by atoms with Crippen LogP contribution in [-0.2, 0) is 6.42 Å². The van der Waals surface area contributed by atoms with Crippen LogP contribution >= 0.6 is 15.9 Å². The molecule has 1 nitrogen and oxygen atoms in total. The highest BCUT2D eigenvalue weighted by Crippen LogP contribution is 2.38. The minimum absolute atomic E-state index is 0.0619. The van der Waals surface area contributed by atoms with Crippen LogP contribution in [-0.4, -0.2) is 11.7 Å². The van der Waals surface area contributed by atoms with Crippen LogP contribution in [0.4, 0.5) is 13.2 Å². The van der Waals surface area contributed by atoms with E-state index in [-0.39, 0.29) is 15.6 Å². The second kappa shape index (κ2) is 2.82. The molecule has 1 aliphatic rings. The number of fused-ring (bicyclic) bond motifs is 1. The molecule has 2 rings (SSSR count). The van der Waals surface area contributed by atoms with Crippen LogP contribution in [0, 0.1) is 5.82 Å². The van der Waals surface area contributed by atoms with Gasteiger partial charge in [0.25, 0.3) is 0 Å². The fourth-order valence-corrected chi connectivity index (χ4v) is 2.18. The number of benzene rings is 1. The molecule has 0 spiro atoms. The van der Waals surface area contributed by atoms with Crippen molar-refractivity contribution in [3.63, 3.8) is 0 Å².